The maximum absolute atomic E-state index is 10.1. The summed E-state index contributed by atoms with van der Waals surface area (Å²) in [4.78, 5) is 0. The molecule has 2 rings (SSSR count). The van der Waals surface area contributed by atoms with E-state index in [1.807, 2.05) is 72.4 Å². The summed E-state index contributed by atoms with van der Waals surface area (Å²) in [6.45, 7) is 0. The van der Waals surface area contributed by atoms with Gasteiger partial charge in [0, 0.05) is 0 Å². The minimum atomic E-state index is -0.315. The molecule has 2 nitrogen and oxygen atoms in total. The third kappa shape index (κ3) is 9.46. The smallest absolute Gasteiger partial charge is 0.0790 e. The molecule has 0 fully saturated rings. The van der Waals surface area contributed by atoms with Crippen LogP contribution >= 0.6 is 11.8 Å². The standard InChI is InChI=1S/C24H34O2S/c25-23(21-13-5-1-6-14-21)17-9-3-11-19-27-20-12-4-10-18-24(26)22-15-7-2-8-16-22/h1-2,5-8,13-16,23-26H,3-4,9-12,17-20H2. The second-order valence-electron chi connectivity index (χ2n) is 7.16. The zero-order chi connectivity index (χ0) is 19.2. The van der Waals surface area contributed by atoms with Gasteiger partial charge in [0.1, 0.15) is 0 Å². The van der Waals surface area contributed by atoms with Crippen LogP contribution in [0.3, 0.4) is 0 Å². The summed E-state index contributed by atoms with van der Waals surface area (Å²) in [5.74, 6) is 2.43. The summed E-state index contributed by atoms with van der Waals surface area (Å²) in [6.07, 6.45) is 8.13. The highest BCUT2D eigenvalue weighted by Crippen LogP contribution is 2.21. The Kier molecular flexibility index (Phi) is 11.3. The van der Waals surface area contributed by atoms with Crippen LogP contribution in [-0.4, -0.2) is 21.7 Å². The van der Waals surface area contributed by atoms with Crippen LogP contribution in [0.4, 0.5) is 0 Å². The average Bonchev–Trinajstić information content (AvgIpc) is 2.73. The van der Waals surface area contributed by atoms with Gasteiger partial charge in [-0.1, -0.05) is 86.3 Å². The Balaban J connectivity index is 1.38. The first-order valence-corrected chi connectivity index (χ1v) is 11.5. The summed E-state index contributed by atoms with van der Waals surface area (Å²) < 4.78 is 0. The van der Waals surface area contributed by atoms with Crippen LogP contribution in [0.25, 0.3) is 0 Å². The molecular formula is C24H34O2S. The maximum atomic E-state index is 10.1. The second kappa shape index (κ2) is 13.8. The van der Waals surface area contributed by atoms with Crippen molar-refractivity contribution in [3.63, 3.8) is 0 Å². The summed E-state index contributed by atoms with van der Waals surface area (Å²) in [6, 6.07) is 19.9. The molecule has 148 valence electrons. The molecule has 0 saturated heterocycles. The largest absolute Gasteiger partial charge is 0.388 e. The van der Waals surface area contributed by atoms with Crippen LogP contribution in [0.2, 0.25) is 0 Å². The lowest BCUT2D eigenvalue weighted by atomic mass is 10.0. The molecule has 2 N–H and O–H groups in total. The van der Waals surface area contributed by atoms with Crippen molar-refractivity contribution in [2.24, 2.45) is 0 Å². The lowest BCUT2D eigenvalue weighted by Crippen LogP contribution is -1.97. The van der Waals surface area contributed by atoms with Crippen molar-refractivity contribution in [2.45, 2.75) is 63.6 Å². The van der Waals surface area contributed by atoms with Gasteiger partial charge in [0.05, 0.1) is 12.2 Å². The summed E-state index contributed by atoms with van der Waals surface area (Å²) in [5, 5.41) is 20.3. The van der Waals surface area contributed by atoms with Crippen molar-refractivity contribution in [2.75, 3.05) is 11.5 Å². The Morgan fingerprint density at radius 2 is 0.963 bits per heavy atom. The summed E-state index contributed by atoms with van der Waals surface area (Å²) in [7, 11) is 0. The first-order chi connectivity index (χ1) is 13.3. The van der Waals surface area contributed by atoms with Gasteiger partial charge >= 0.3 is 0 Å². The van der Waals surface area contributed by atoms with E-state index in [0.717, 1.165) is 36.8 Å². The van der Waals surface area contributed by atoms with Crippen molar-refractivity contribution < 1.29 is 10.2 Å². The number of aliphatic hydroxyl groups excluding tert-OH is 2. The Labute approximate surface area is 169 Å². The predicted molar refractivity (Wildman–Crippen MR) is 117 cm³/mol. The topological polar surface area (TPSA) is 40.5 Å². The Hall–Kier alpha value is -1.29. The number of hydrogen-bond donors (Lipinski definition) is 2. The van der Waals surface area contributed by atoms with Crippen molar-refractivity contribution in [3.05, 3.63) is 71.8 Å². The minimum Gasteiger partial charge on any atom is -0.388 e. The molecule has 0 amide bonds. The van der Waals surface area contributed by atoms with Crippen molar-refractivity contribution >= 4 is 11.8 Å². The van der Waals surface area contributed by atoms with Crippen LogP contribution in [0.15, 0.2) is 60.7 Å². The van der Waals surface area contributed by atoms with Crippen LogP contribution in [-0.2, 0) is 0 Å². The van der Waals surface area contributed by atoms with E-state index in [2.05, 4.69) is 0 Å². The molecule has 0 aliphatic carbocycles. The van der Waals surface area contributed by atoms with E-state index in [4.69, 9.17) is 0 Å². The van der Waals surface area contributed by atoms with Gasteiger partial charge in [-0.05, 0) is 48.3 Å². The second-order valence-corrected chi connectivity index (χ2v) is 8.39. The van der Waals surface area contributed by atoms with Gasteiger partial charge < -0.3 is 10.2 Å². The highest BCUT2D eigenvalue weighted by molar-refractivity contribution is 7.99. The lowest BCUT2D eigenvalue weighted by molar-refractivity contribution is 0.163. The molecular weight excluding hydrogens is 352 g/mol. The molecule has 0 saturated carbocycles. The lowest BCUT2D eigenvalue weighted by Gasteiger charge is -2.11. The van der Waals surface area contributed by atoms with Gasteiger partial charge in [-0.3, -0.25) is 0 Å². The van der Waals surface area contributed by atoms with Gasteiger partial charge in [-0.15, -0.1) is 0 Å². The number of rotatable bonds is 14. The van der Waals surface area contributed by atoms with Gasteiger partial charge in [0.25, 0.3) is 0 Å². The predicted octanol–water partition coefficient (Wildman–Crippen LogP) is 6.31. The number of benzene rings is 2. The highest BCUT2D eigenvalue weighted by atomic mass is 32.2. The normalized spacial score (nSPS) is 13.4. The molecule has 0 bridgehead atoms. The third-order valence-electron chi connectivity index (χ3n) is 4.90. The fraction of sp³-hybridized carbons (Fsp3) is 0.500. The monoisotopic (exact) mass is 386 g/mol. The molecule has 3 heteroatoms. The summed E-state index contributed by atoms with van der Waals surface area (Å²) in [5.41, 5.74) is 2.06. The molecule has 0 aliphatic rings. The number of thioether (sulfide) groups is 1. The number of hydrogen-bond acceptors (Lipinski definition) is 3. The van der Waals surface area contributed by atoms with E-state index in [9.17, 15) is 10.2 Å². The molecule has 0 aliphatic heterocycles. The molecule has 2 atom stereocenters. The van der Waals surface area contributed by atoms with Crippen LogP contribution in [0, 0.1) is 0 Å². The summed E-state index contributed by atoms with van der Waals surface area (Å²) >= 11 is 2.04. The van der Waals surface area contributed by atoms with Crippen molar-refractivity contribution in [1.29, 1.82) is 0 Å². The number of aliphatic hydroxyl groups is 2. The molecule has 2 unspecified atom stereocenters. The molecule has 2 aromatic carbocycles. The quantitative estimate of drug-likeness (QED) is 0.374. The fourth-order valence-electron chi connectivity index (χ4n) is 3.22. The van der Waals surface area contributed by atoms with E-state index in [-0.39, 0.29) is 12.2 Å². The molecule has 0 heterocycles. The van der Waals surface area contributed by atoms with Gasteiger partial charge in [-0.25, -0.2) is 0 Å². The highest BCUT2D eigenvalue weighted by Gasteiger charge is 2.07. The molecule has 0 radical (unpaired) electrons. The molecule has 0 aromatic heterocycles. The fourth-order valence-corrected chi connectivity index (χ4v) is 4.24. The van der Waals surface area contributed by atoms with Crippen molar-refractivity contribution in [1.82, 2.24) is 0 Å². The van der Waals surface area contributed by atoms with Crippen molar-refractivity contribution in [3.8, 4) is 0 Å². The van der Waals surface area contributed by atoms with Crippen LogP contribution in [0.5, 0.6) is 0 Å². The zero-order valence-electron chi connectivity index (χ0n) is 16.3. The molecule has 2 aromatic rings. The molecule has 0 spiro atoms. The van der Waals surface area contributed by atoms with Gasteiger partial charge in [0.15, 0.2) is 0 Å². The Bertz CT molecular complexity index is 534. The number of unbranched alkanes of at least 4 members (excludes halogenated alkanes) is 4. The van der Waals surface area contributed by atoms with E-state index in [1.54, 1.807) is 0 Å². The third-order valence-corrected chi connectivity index (χ3v) is 6.06. The van der Waals surface area contributed by atoms with Crippen LogP contribution in [0.1, 0.15) is 74.7 Å². The first kappa shape index (κ1) is 22.0. The van der Waals surface area contributed by atoms with E-state index >= 15 is 0 Å². The van der Waals surface area contributed by atoms with Crippen LogP contribution < -0.4 is 0 Å². The first-order valence-electron chi connectivity index (χ1n) is 10.3. The minimum absolute atomic E-state index is 0.315. The Morgan fingerprint density at radius 3 is 1.37 bits per heavy atom. The zero-order valence-corrected chi connectivity index (χ0v) is 17.1. The maximum Gasteiger partial charge on any atom is 0.0790 e. The van der Waals surface area contributed by atoms with E-state index in [1.165, 1.54) is 37.2 Å². The van der Waals surface area contributed by atoms with Gasteiger partial charge in [0.2, 0.25) is 0 Å². The average molecular weight is 387 g/mol. The Morgan fingerprint density at radius 1 is 0.556 bits per heavy atom. The van der Waals surface area contributed by atoms with E-state index < -0.39 is 0 Å². The van der Waals surface area contributed by atoms with Gasteiger partial charge in [-0.2, -0.15) is 11.8 Å². The van der Waals surface area contributed by atoms with E-state index in [0.29, 0.717) is 0 Å². The molecule has 27 heavy (non-hydrogen) atoms. The SMILES string of the molecule is OC(CCCCCSCCCCCC(O)c1ccccc1)c1ccccc1.